The standard InChI is InChI=1S/C15H18N2O2S/c1-2-7-17-11-16-9-13(17)10-20-14-5-3-12(4-6-14)8-15(18)19/h3-6,9,11H,2,7-8,10H2,1H3,(H,18,19). The molecule has 0 unspecified atom stereocenters. The highest BCUT2D eigenvalue weighted by Gasteiger charge is 2.04. The second-order valence-corrected chi connectivity index (χ2v) is 5.63. The molecule has 0 amide bonds. The van der Waals surface area contributed by atoms with Crippen molar-refractivity contribution in [2.75, 3.05) is 0 Å². The maximum Gasteiger partial charge on any atom is 0.307 e. The van der Waals surface area contributed by atoms with E-state index in [4.69, 9.17) is 5.11 Å². The molecule has 5 heteroatoms. The molecular formula is C15H18N2O2S. The first-order chi connectivity index (χ1) is 9.69. The lowest BCUT2D eigenvalue weighted by atomic mass is 10.2. The number of hydrogen-bond donors (Lipinski definition) is 1. The van der Waals surface area contributed by atoms with Crippen molar-refractivity contribution < 1.29 is 9.90 Å². The molecule has 1 aromatic carbocycles. The van der Waals surface area contributed by atoms with Crippen molar-refractivity contribution in [3.05, 3.63) is 48.0 Å². The number of nitrogens with zero attached hydrogens (tertiary/aromatic N) is 2. The van der Waals surface area contributed by atoms with Crippen LogP contribution in [0.3, 0.4) is 0 Å². The number of aliphatic carboxylic acids is 1. The van der Waals surface area contributed by atoms with Crippen LogP contribution in [0.25, 0.3) is 0 Å². The third-order valence-corrected chi connectivity index (χ3v) is 3.97. The summed E-state index contributed by atoms with van der Waals surface area (Å²) in [6.07, 6.45) is 4.95. The second-order valence-electron chi connectivity index (χ2n) is 4.58. The zero-order chi connectivity index (χ0) is 14.4. The van der Waals surface area contributed by atoms with Crippen LogP contribution in [-0.4, -0.2) is 20.6 Å². The number of hydrogen-bond acceptors (Lipinski definition) is 3. The van der Waals surface area contributed by atoms with Gasteiger partial charge in [-0.05, 0) is 24.1 Å². The first-order valence-electron chi connectivity index (χ1n) is 6.61. The Morgan fingerprint density at radius 1 is 1.35 bits per heavy atom. The van der Waals surface area contributed by atoms with E-state index in [9.17, 15) is 4.79 Å². The Morgan fingerprint density at radius 2 is 2.10 bits per heavy atom. The molecule has 2 rings (SSSR count). The Kier molecular flexibility index (Phi) is 5.24. The normalized spacial score (nSPS) is 10.7. The summed E-state index contributed by atoms with van der Waals surface area (Å²) < 4.78 is 2.17. The lowest BCUT2D eigenvalue weighted by molar-refractivity contribution is -0.136. The van der Waals surface area contributed by atoms with Crippen LogP contribution in [0.5, 0.6) is 0 Å². The van der Waals surface area contributed by atoms with E-state index in [0.29, 0.717) is 0 Å². The number of thioether (sulfide) groups is 1. The molecule has 20 heavy (non-hydrogen) atoms. The average Bonchev–Trinajstić information content (AvgIpc) is 2.85. The van der Waals surface area contributed by atoms with Gasteiger partial charge in [-0.3, -0.25) is 4.79 Å². The molecule has 4 nitrogen and oxygen atoms in total. The minimum Gasteiger partial charge on any atom is -0.481 e. The lowest BCUT2D eigenvalue weighted by Crippen LogP contribution is -2.00. The van der Waals surface area contributed by atoms with E-state index in [1.165, 1.54) is 5.69 Å². The number of aryl methyl sites for hydroxylation is 1. The van der Waals surface area contributed by atoms with Crippen molar-refractivity contribution in [3.8, 4) is 0 Å². The van der Waals surface area contributed by atoms with Crippen LogP contribution in [0.2, 0.25) is 0 Å². The zero-order valence-corrected chi connectivity index (χ0v) is 12.3. The summed E-state index contributed by atoms with van der Waals surface area (Å²) in [5.41, 5.74) is 2.05. The molecule has 1 heterocycles. The van der Waals surface area contributed by atoms with E-state index in [2.05, 4.69) is 16.5 Å². The van der Waals surface area contributed by atoms with Gasteiger partial charge in [0.2, 0.25) is 0 Å². The molecule has 0 aliphatic heterocycles. The first kappa shape index (κ1) is 14.7. The molecule has 0 fully saturated rings. The van der Waals surface area contributed by atoms with Crippen molar-refractivity contribution >= 4 is 17.7 Å². The van der Waals surface area contributed by atoms with Gasteiger partial charge in [-0.2, -0.15) is 0 Å². The van der Waals surface area contributed by atoms with E-state index in [0.717, 1.165) is 29.2 Å². The highest BCUT2D eigenvalue weighted by atomic mass is 32.2. The van der Waals surface area contributed by atoms with E-state index in [1.807, 2.05) is 36.8 Å². The number of imidazole rings is 1. The van der Waals surface area contributed by atoms with E-state index >= 15 is 0 Å². The minimum atomic E-state index is -0.797. The van der Waals surface area contributed by atoms with Gasteiger partial charge in [0.15, 0.2) is 0 Å². The summed E-state index contributed by atoms with van der Waals surface area (Å²) in [6, 6.07) is 7.70. The maximum atomic E-state index is 10.6. The largest absolute Gasteiger partial charge is 0.481 e. The quantitative estimate of drug-likeness (QED) is 0.796. The Bertz CT molecular complexity index is 564. The number of aromatic nitrogens is 2. The Balaban J connectivity index is 1.93. The summed E-state index contributed by atoms with van der Waals surface area (Å²) in [5, 5.41) is 8.73. The van der Waals surface area contributed by atoms with Crippen LogP contribution in [0.4, 0.5) is 0 Å². The van der Waals surface area contributed by atoms with E-state index < -0.39 is 5.97 Å². The molecule has 0 spiro atoms. The Morgan fingerprint density at radius 3 is 2.75 bits per heavy atom. The van der Waals surface area contributed by atoms with Crippen LogP contribution in [0.15, 0.2) is 41.7 Å². The molecule has 0 radical (unpaired) electrons. The summed E-state index contributed by atoms with van der Waals surface area (Å²) in [7, 11) is 0. The molecular weight excluding hydrogens is 272 g/mol. The van der Waals surface area contributed by atoms with E-state index in [-0.39, 0.29) is 6.42 Å². The van der Waals surface area contributed by atoms with Gasteiger partial charge in [0.1, 0.15) is 0 Å². The van der Waals surface area contributed by atoms with Gasteiger partial charge in [-0.1, -0.05) is 19.1 Å². The highest BCUT2D eigenvalue weighted by Crippen LogP contribution is 2.23. The molecule has 106 valence electrons. The lowest BCUT2D eigenvalue weighted by Gasteiger charge is -2.06. The monoisotopic (exact) mass is 290 g/mol. The van der Waals surface area contributed by atoms with Crippen LogP contribution in [-0.2, 0) is 23.5 Å². The van der Waals surface area contributed by atoms with Crippen molar-refractivity contribution in [1.82, 2.24) is 9.55 Å². The van der Waals surface area contributed by atoms with Crippen molar-refractivity contribution in [2.45, 2.75) is 37.0 Å². The second kappa shape index (κ2) is 7.14. The van der Waals surface area contributed by atoms with Crippen molar-refractivity contribution in [2.24, 2.45) is 0 Å². The summed E-state index contributed by atoms with van der Waals surface area (Å²) in [5.74, 6) is 0.0759. The fourth-order valence-electron chi connectivity index (χ4n) is 1.95. The van der Waals surface area contributed by atoms with Gasteiger partial charge in [0.25, 0.3) is 0 Å². The smallest absolute Gasteiger partial charge is 0.307 e. The van der Waals surface area contributed by atoms with Gasteiger partial charge in [0.05, 0.1) is 12.7 Å². The Labute approximate surface area is 122 Å². The molecule has 1 aromatic heterocycles. The predicted octanol–water partition coefficient (Wildman–Crippen LogP) is 3.21. The zero-order valence-electron chi connectivity index (χ0n) is 11.5. The third kappa shape index (κ3) is 4.13. The van der Waals surface area contributed by atoms with Crippen LogP contribution >= 0.6 is 11.8 Å². The fraction of sp³-hybridized carbons (Fsp3) is 0.333. The van der Waals surface area contributed by atoms with E-state index in [1.54, 1.807) is 11.8 Å². The molecule has 2 aromatic rings. The highest BCUT2D eigenvalue weighted by molar-refractivity contribution is 7.98. The molecule has 0 aliphatic carbocycles. The predicted molar refractivity (Wildman–Crippen MR) is 79.9 cm³/mol. The summed E-state index contributed by atoms with van der Waals surface area (Å²) in [4.78, 5) is 15.9. The van der Waals surface area contributed by atoms with Gasteiger partial charge in [-0.25, -0.2) is 4.98 Å². The minimum absolute atomic E-state index is 0.0776. The number of benzene rings is 1. The number of rotatable bonds is 7. The third-order valence-electron chi connectivity index (χ3n) is 2.93. The average molecular weight is 290 g/mol. The molecule has 0 atom stereocenters. The molecule has 0 bridgehead atoms. The maximum absolute atomic E-state index is 10.6. The van der Waals surface area contributed by atoms with Gasteiger partial charge < -0.3 is 9.67 Å². The van der Waals surface area contributed by atoms with Crippen LogP contribution in [0.1, 0.15) is 24.6 Å². The number of carboxylic acids is 1. The van der Waals surface area contributed by atoms with Gasteiger partial charge in [0, 0.05) is 29.1 Å². The van der Waals surface area contributed by atoms with Crippen LogP contribution < -0.4 is 0 Å². The van der Waals surface area contributed by atoms with Crippen molar-refractivity contribution in [1.29, 1.82) is 0 Å². The molecule has 0 aliphatic rings. The summed E-state index contributed by atoms with van der Waals surface area (Å²) >= 11 is 1.74. The Hall–Kier alpha value is -1.75. The first-order valence-corrected chi connectivity index (χ1v) is 7.60. The van der Waals surface area contributed by atoms with Gasteiger partial charge >= 0.3 is 5.97 Å². The SMILES string of the molecule is CCCn1cncc1CSc1ccc(CC(=O)O)cc1. The topological polar surface area (TPSA) is 55.1 Å². The van der Waals surface area contributed by atoms with Crippen LogP contribution in [0, 0.1) is 0 Å². The number of carboxylic acid groups (broad SMARTS) is 1. The summed E-state index contributed by atoms with van der Waals surface area (Å²) in [6.45, 7) is 3.14. The molecule has 0 saturated carbocycles. The fourth-order valence-corrected chi connectivity index (χ4v) is 2.83. The number of carbonyl (C=O) groups is 1. The van der Waals surface area contributed by atoms with Gasteiger partial charge in [-0.15, -0.1) is 11.8 Å². The van der Waals surface area contributed by atoms with Crippen molar-refractivity contribution in [3.63, 3.8) is 0 Å². The molecule has 0 saturated heterocycles. The molecule has 1 N–H and O–H groups in total.